The Morgan fingerprint density at radius 3 is 2.67 bits per heavy atom. The lowest BCUT2D eigenvalue weighted by molar-refractivity contribution is -0.139. The number of nitrogens with zero attached hydrogens (tertiary/aromatic N) is 1. The Hall–Kier alpha value is -3.34. The van der Waals surface area contributed by atoms with Crippen molar-refractivity contribution in [1.29, 1.82) is 0 Å². The second-order valence-corrected chi connectivity index (χ2v) is 8.49. The Bertz CT molecular complexity index is 1120. The minimum absolute atomic E-state index is 0.0655. The van der Waals surface area contributed by atoms with Crippen molar-refractivity contribution in [3.05, 3.63) is 52.0 Å². The van der Waals surface area contributed by atoms with Gasteiger partial charge in [-0.25, -0.2) is 5.43 Å². The van der Waals surface area contributed by atoms with Crippen molar-refractivity contribution in [3.8, 4) is 11.5 Å². The number of carbonyl (C=O) groups excluding carboxylic acids is 3. The SMILES string of the molecule is CCOc1cc(/C=N\NC(=O)C(=O)NC[C@H]2CCCO2)ccc1OCC(=O)Nc1ccc(Cl)cc1Cl. The quantitative estimate of drug-likeness (QED) is 0.243. The average Bonchev–Trinajstić information content (AvgIpc) is 3.37. The fourth-order valence-corrected chi connectivity index (χ4v) is 3.68. The highest BCUT2D eigenvalue weighted by molar-refractivity contribution is 6.36. The van der Waals surface area contributed by atoms with Gasteiger partial charge in [0.05, 0.1) is 29.6 Å². The van der Waals surface area contributed by atoms with Crippen molar-refractivity contribution in [2.24, 2.45) is 5.10 Å². The third kappa shape index (κ3) is 8.40. The summed E-state index contributed by atoms with van der Waals surface area (Å²) >= 11 is 11.9. The number of anilines is 1. The summed E-state index contributed by atoms with van der Waals surface area (Å²) in [5.74, 6) is -1.39. The smallest absolute Gasteiger partial charge is 0.329 e. The topological polar surface area (TPSA) is 127 Å². The number of ether oxygens (including phenoxy) is 3. The molecule has 1 aliphatic rings. The number of halogens is 2. The summed E-state index contributed by atoms with van der Waals surface area (Å²) in [6.07, 6.45) is 3.08. The van der Waals surface area contributed by atoms with Gasteiger partial charge in [0.15, 0.2) is 18.1 Å². The first-order chi connectivity index (χ1) is 17.4. The van der Waals surface area contributed by atoms with Gasteiger partial charge < -0.3 is 24.8 Å². The summed E-state index contributed by atoms with van der Waals surface area (Å²) in [5.41, 5.74) is 3.16. The van der Waals surface area contributed by atoms with Gasteiger partial charge in [0, 0.05) is 18.2 Å². The van der Waals surface area contributed by atoms with E-state index in [1.165, 1.54) is 12.3 Å². The molecule has 10 nitrogen and oxygen atoms in total. The first-order valence-electron chi connectivity index (χ1n) is 11.2. The van der Waals surface area contributed by atoms with Crippen LogP contribution in [0.15, 0.2) is 41.5 Å². The molecule has 0 bridgehead atoms. The van der Waals surface area contributed by atoms with Crippen LogP contribution in [0, 0.1) is 0 Å². The van der Waals surface area contributed by atoms with Gasteiger partial charge in [0.2, 0.25) is 0 Å². The molecule has 3 rings (SSSR count). The van der Waals surface area contributed by atoms with Gasteiger partial charge in [-0.2, -0.15) is 5.10 Å². The molecular formula is C24H26Cl2N4O6. The molecule has 0 spiro atoms. The van der Waals surface area contributed by atoms with Crippen molar-refractivity contribution in [2.75, 3.05) is 31.7 Å². The number of hydrazone groups is 1. The van der Waals surface area contributed by atoms with E-state index >= 15 is 0 Å². The van der Waals surface area contributed by atoms with Gasteiger partial charge in [-0.15, -0.1) is 0 Å². The van der Waals surface area contributed by atoms with Crippen LogP contribution in [-0.4, -0.2) is 56.4 Å². The highest BCUT2D eigenvalue weighted by Gasteiger charge is 2.19. The van der Waals surface area contributed by atoms with E-state index in [2.05, 4.69) is 21.2 Å². The predicted molar refractivity (Wildman–Crippen MR) is 136 cm³/mol. The summed E-state index contributed by atoms with van der Waals surface area (Å²) in [5, 5.41) is 9.74. The molecule has 2 aromatic carbocycles. The van der Waals surface area contributed by atoms with E-state index in [1.807, 2.05) is 0 Å². The normalized spacial score (nSPS) is 14.9. The highest BCUT2D eigenvalue weighted by atomic mass is 35.5. The minimum Gasteiger partial charge on any atom is -0.490 e. The largest absolute Gasteiger partial charge is 0.490 e. The van der Waals surface area contributed by atoms with E-state index in [1.54, 1.807) is 37.3 Å². The van der Waals surface area contributed by atoms with Gasteiger partial charge in [-0.3, -0.25) is 14.4 Å². The summed E-state index contributed by atoms with van der Waals surface area (Å²) < 4.78 is 16.6. The van der Waals surface area contributed by atoms with E-state index in [0.29, 0.717) is 46.0 Å². The minimum atomic E-state index is -0.888. The van der Waals surface area contributed by atoms with Gasteiger partial charge >= 0.3 is 11.8 Å². The third-order valence-corrected chi connectivity index (χ3v) is 5.48. The second kappa shape index (κ2) is 13.7. The molecule has 192 valence electrons. The van der Waals surface area contributed by atoms with Gasteiger partial charge in [0.25, 0.3) is 5.91 Å². The number of nitrogens with one attached hydrogen (secondary N) is 3. The third-order valence-electron chi connectivity index (χ3n) is 4.93. The number of rotatable bonds is 10. The van der Waals surface area contributed by atoms with E-state index in [4.69, 9.17) is 37.4 Å². The standard InChI is InChI=1S/C24H26Cl2N4O6/c1-2-34-21-10-15(12-28-30-24(33)23(32)27-13-17-4-3-9-35-17)5-8-20(21)36-14-22(31)29-19-7-6-16(25)11-18(19)26/h5-8,10-12,17H,2-4,9,13-14H2,1H3,(H,27,32)(H,29,31)(H,30,33)/b28-12-/t17-/m1/s1. The maximum atomic E-state index is 12.3. The van der Waals surface area contributed by atoms with Crippen LogP contribution in [-0.2, 0) is 19.1 Å². The summed E-state index contributed by atoms with van der Waals surface area (Å²) in [6.45, 7) is 2.81. The summed E-state index contributed by atoms with van der Waals surface area (Å²) in [4.78, 5) is 36.0. The van der Waals surface area contributed by atoms with E-state index in [0.717, 1.165) is 12.8 Å². The molecule has 2 aromatic rings. The lowest BCUT2D eigenvalue weighted by Gasteiger charge is -2.13. The number of amides is 3. The average molecular weight is 537 g/mol. The molecule has 0 aliphatic carbocycles. The van der Waals surface area contributed by atoms with E-state index in [9.17, 15) is 14.4 Å². The first kappa shape index (κ1) is 27.3. The van der Waals surface area contributed by atoms with E-state index in [-0.39, 0.29) is 19.3 Å². The van der Waals surface area contributed by atoms with Gasteiger partial charge in [-0.05, 0) is 61.7 Å². The van der Waals surface area contributed by atoms with Crippen molar-refractivity contribution in [2.45, 2.75) is 25.9 Å². The Labute approximate surface area is 218 Å². The van der Waals surface area contributed by atoms with Crippen LogP contribution in [0.3, 0.4) is 0 Å². The van der Waals surface area contributed by atoms with Crippen molar-refractivity contribution < 1.29 is 28.6 Å². The van der Waals surface area contributed by atoms with Crippen LogP contribution in [0.1, 0.15) is 25.3 Å². The van der Waals surface area contributed by atoms with Crippen molar-refractivity contribution >= 4 is 52.8 Å². The Balaban J connectivity index is 1.52. The molecule has 0 unspecified atom stereocenters. The van der Waals surface area contributed by atoms with E-state index < -0.39 is 17.7 Å². The monoisotopic (exact) mass is 536 g/mol. The maximum Gasteiger partial charge on any atom is 0.329 e. The molecule has 3 N–H and O–H groups in total. The van der Waals surface area contributed by atoms with Gasteiger partial charge in [0.1, 0.15) is 0 Å². The summed E-state index contributed by atoms with van der Waals surface area (Å²) in [6, 6.07) is 9.60. The zero-order valence-corrected chi connectivity index (χ0v) is 21.0. The van der Waals surface area contributed by atoms with Crippen LogP contribution in [0.25, 0.3) is 0 Å². The molecule has 1 heterocycles. The molecular weight excluding hydrogens is 511 g/mol. The van der Waals surface area contributed by atoms with Crippen molar-refractivity contribution in [1.82, 2.24) is 10.7 Å². The Morgan fingerprint density at radius 1 is 1.11 bits per heavy atom. The van der Waals surface area contributed by atoms with Crippen LogP contribution in [0.4, 0.5) is 5.69 Å². The zero-order chi connectivity index (χ0) is 25.9. The molecule has 3 amide bonds. The van der Waals surface area contributed by atoms with Crippen LogP contribution in [0.2, 0.25) is 10.0 Å². The Kier molecular flexibility index (Phi) is 10.3. The molecule has 36 heavy (non-hydrogen) atoms. The summed E-state index contributed by atoms with van der Waals surface area (Å²) in [7, 11) is 0. The first-order valence-corrected chi connectivity index (χ1v) is 12.0. The number of hydrogen-bond donors (Lipinski definition) is 3. The number of benzene rings is 2. The molecule has 1 saturated heterocycles. The molecule has 12 heteroatoms. The van der Waals surface area contributed by atoms with Gasteiger partial charge in [-0.1, -0.05) is 23.2 Å². The lowest BCUT2D eigenvalue weighted by Crippen LogP contribution is -2.41. The lowest BCUT2D eigenvalue weighted by atomic mass is 10.2. The molecule has 1 atom stereocenters. The molecule has 0 radical (unpaired) electrons. The fourth-order valence-electron chi connectivity index (χ4n) is 3.22. The predicted octanol–water partition coefficient (Wildman–Crippen LogP) is 3.15. The number of hydrogen-bond acceptors (Lipinski definition) is 7. The molecule has 0 aromatic heterocycles. The maximum absolute atomic E-state index is 12.3. The molecule has 1 aliphatic heterocycles. The molecule has 1 fully saturated rings. The highest BCUT2D eigenvalue weighted by Crippen LogP contribution is 2.29. The second-order valence-electron chi connectivity index (χ2n) is 7.64. The zero-order valence-electron chi connectivity index (χ0n) is 19.5. The van der Waals surface area contributed by atoms with Crippen LogP contribution >= 0.6 is 23.2 Å². The number of carbonyl (C=O) groups is 3. The Morgan fingerprint density at radius 2 is 1.94 bits per heavy atom. The fraction of sp³-hybridized carbons (Fsp3) is 0.333. The van der Waals surface area contributed by atoms with Crippen molar-refractivity contribution in [3.63, 3.8) is 0 Å². The van der Waals surface area contributed by atoms with Crippen LogP contribution in [0.5, 0.6) is 11.5 Å². The van der Waals surface area contributed by atoms with Crippen LogP contribution < -0.4 is 25.5 Å². The molecule has 0 saturated carbocycles.